The van der Waals surface area contributed by atoms with Crippen molar-refractivity contribution in [2.45, 2.75) is 109 Å². The zero-order valence-corrected chi connectivity index (χ0v) is 21.0. The van der Waals surface area contributed by atoms with Gasteiger partial charge in [-0.2, -0.15) is 0 Å². The zero-order valence-electron chi connectivity index (χ0n) is 19.0. The third-order valence-corrected chi connectivity index (χ3v) is 15.2. The molecular formula is C19H40O6Si2. The van der Waals surface area contributed by atoms with E-state index in [1.807, 2.05) is 0 Å². The summed E-state index contributed by atoms with van der Waals surface area (Å²) >= 11 is 0. The molecule has 160 valence electrons. The molecule has 8 heteroatoms. The van der Waals surface area contributed by atoms with Crippen molar-refractivity contribution in [1.29, 1.82) is 0 Å². The fourth-order valence-corrected chi connectivity index (χ4v) is 4.66. The number of hydrogen-bond acceptors (Lipinski definition) is 6. The van der Waals surface area contributed by atoms with E-state index < -0.39 is 47.2 Å². The fourth-order valence-electron chi connectivity index (χ4n) is 2.33. The molecule has 1 aliphatic rings. The van der Waals surface area contributed by atoms with E-state index in [9.17, 15) is 9.90 Å². The highest BCUT2D eigenvalue weighted by Gasteiger charge is 2.52. The summed E-state index contributed by atoms with van der Waals surface area (Å²) in [4.78, 5) is 11.6. The van der Waals surface area contributed by atoms with Gasteiger partial charge < -0.3 is 23.4 Å². The third kappa shape index (κ3) is 6.11. The fraction of sp³-hybridized carbons (Fsp3) is 0.947. The van der Waals surface area contributed by atoms with Crippen LogP contribution in [0.5, 0.6) is 0 Å². The summed E-state index contributed by atoms with van der Waals surface area (Å²) < 4.78 is 23.9. The second-order valence-electron chi connectivity index (χ2n) is 10.6. The first kappa shape index (κ1) is 24.8. The minimum atomic E-state index is -2.17. The minimum Gasteiger partial charge on any atom is -0.454 e. The van der Waals surface area contributed by atoms with E-state index >= 15 is 0 Å². The van der Waals surface area contributed by atoms with Gasteiger partial charge in [0.05, 0.1) is 6.61 Å². The van der Waals surface area contributed by atoms with Crippen LogP contribution < -0.4 is 0 Å². The van der Waals surface area contributed by atoms with Crippen LogP contribution in [0.15, 0.2) is 0 Å². The number of aliphatic hydroxyl groups excluding tert-OH is 1. The summed E-state index contributed by atoms with van der Waals surface area (Å²) in [5.74, 6) is -0.461. The zero-order chi connectivity index (χ0) is 21.4. The quantitative estimate of drug-likeness (QED) is 0.516. The molecule has 0 spiro atoms. The molecule has 0 bridgehead atoms. The number of rotatable bonds is 6. The Morgan fingerprint density at radius 3 is 1.85 bits per heavy atom. The van der Waals surface area contributed by atoms with Gasteiger partial charge in [-0.3, -0.25) is 4.79 Å². The molecule has 0 amide bonds. The molecular weight excluding hydrogens is 380 g/mol. The van der Waals surface area contributed by atoms with Gasteiger partial charge in [0, 0.05) is 6.92 Å². The molecule has 1 heterocycles. The van der Waals surface area contributed by atoms with Gasteiger partial charge in [0.2, 0.25) is 0 Å². The second-order valence-corrected chi connectivity index (χ2v) is 20.1. The Hall–Kier alpha value is -0.256. The molecule has 1 fully saturated rings. The lowest BCUT2D eigenvalue weighted by Crippen LogP contribution is -2.52. The van der Waals surface area contributed by atoms with Crippen LogP contribution in [0, 0.1) is 0 Å². The lowest BCUT2D eigenvalue weighted by Gasteiger charge is -2.41. The largest absolute Gasteiger partial charge is 0.454 e. The highest BCUT2D eigenvalue weighted by Crippen LogP contribution is 2.41. The predicted octanol–water partition coefficient (Wildman–Crippen LogP) is 4.05. The Balaban J connectivity index is 3.05. The van der Waals surface area contributed by atoms with E-state index in [-0.39, 0.29) is 10.1 Å². The second kappa shape index (κ2) is 8.24. The van der Waals surface area contributed by atoms with Gasteiger partial charge >= 0.3 is 5.97 Å². The van der Waals surface area contributed by atoms with Crippen LogP contribution in [0.3, 0.4) is 0 Å². The Labute approximate surface area is 167 Å². The smallest absolute Gasteiger partial charge is 0.303 e. The summed E-state index contributed by atoms with van der Waals surface area (Å²) in [7, 11) is -4.16. The maximum absolute atomic E-state index is 11.6. The van der Waals surface area contributed by atoms with Gasteiger partial charge in [-0.25, -0.2) is 0 Å². The third-order valence-electron chi connectivity index (χ3n) is 6.24. The lowest BCUT2D eigenvalue weighted by molar-refractivity contribution is -0.170. The van der Waals surface area contributed by atoms with Gasteiger partial charge in [0.1, 0.15) is 12.2 Å². The maximum atomic E-state index is 11.6. The average Bonchev–Trinajstić information content (AvgIpc) is 2.70. The van der Waals surface area contributed by atoms with Crippen molar-refractivity contribution in [3.05, 3.63) is 0 Å². The van der Waals surface area contributed by atoms with Gasteiger partial charge in [0.15, 0.2) is 29.0 Å². The maximum Gasteiger partial charge on any atom is 0.303 e. The Kier molecular flexibility index (Phi) is 7.56. The number of carbonyl (C=O) groups excluding carboxylic acids is 1. The average molecular weight is 421 g/mol. The van der Waals surface area contributed by atoms with E-state index in [1.165, 1.54) is 6.92 Å². The minimum absolute atomic E-state index is 0.0217. The summed E-state index contributed by atoms with van der Waals surface area (Å²) in [5.41, 5.74) is 0. The molecule has 1 aliphatic heterocycles. The molecule has 1 saturated heterocycles. The monoisotopic (exact) mass is 420 g/mol. The van der Waals surface area contributed by atoms with E-state index in [1.54, 1.807) is 0 Å². The molecule has 0 saturated carbocycles. The van der Waals surface area contributed by atoms with Crippen molar-refractivity contribution in [1.82, 2.24) is 0 Å². The lowest BCUT2D eigenvalue weighted by atomic mass is 10.1. The van der Waals surface area contributed by atoms with Crippen LogP contribution in [0.25, 0.3) is 0 Å². The molecule has 0 aliphatic carbocycles. The first-order valence-electron chi connectivity index (χ1n) is 9.71. The Bertz CT molecular complexity index is 521. The van der Waals surface area contributed by atoms with Crippen LogP contribution >= 0.6 is 0 Å². The van der Waals surface area contributed by atoms with Crippen LogP contribution in [0.4, 0.5) is 0 Å². The van der Waals surface area contributed by atoms with Crippen molar-refractivity contribution in [2.24, 2.45) is 0 Å². The summed E-state index contributed by atoms with van der Waals surface area (Å²) in [6.45, 7) is 23.2. The molecule has 0 aromatic heterocycles. The molecule has 6 nitrogen and oxygen atoms in total. The van der Waals surface area contributed by atoms with Crippen molar-refractivity contribution >= 4 is 22.6 Å². The van der Waals surface area contributed by atoms with Gasteiger partial charge in [0.25, 0.3) is 0 Å². The van der Waals surface area contributed by atoms with Gasteiger partial charge in [-0.15, -0.1) is 0 Å². The van der Waals surface area contributed by atoms with E-state index in [4.69, 9.17) is 18.3 Å². The molecule has 1 rings (SSSR count). The number of aliphatic hydroxyl groups is 1. The number of carbonyl (C=O) groups is 1. The van der Waals surface area contributed by atoms with E-state index in [2.05, 4.69) is 67.7 Å². The highest BCUT2D eigenvalue weighted by molar-refractivity contribution is 6.74. The Morgan fingerprint density at radius 1 is 0.963 bits per heavy atom. The van der Waals surface area contributed by atoms with Crippen LogP contribution in [0.2, 0.25) is 36.3 Å². The van der Waals surface area contributed by atoms with Crippen LogP contribution in [-0.2, 0) is 23.1 Å². The first-order chi connectivity index (χ1) is 11.9. The normalized spacial score (nSPS) is 27.7. The van der Waals surface area contributed by atoms with Crippen LogP contribution in [-0.4, -0.2) is 58.9 Å². The van der Waals surface area contributed by atoms with Crippen molar-refractivity contribution in [3.8, 4) is 0 Å². The van der Waals surface area contributed by atoms with Gasteiger partial charge in [-0.1, -0.05) is 41.5 Å². The molecule has 1 N–H and O–H groups in total. The highest BCUT2D eigenvalue weighted by atomic mass is 28.4. The standard InChI is InChI=1S/C19H40O6Si2/c1-13(20)23-16-15(25-27(10,11)19(5,6)7)14(24-17(16)21)12-22-26(8,9)18(2,3)4/h14-17,21H,12H2,1-11H3/t14-,15-,16-,17-/m1/s1. The molecule has 0 aromatic carbocycles. The summed E-state index contributed by atoms with van der Waals surface area (Å²) in [6, 6.07) is 0. The van der Waals surface area contributed by atoms with Gasteiger partial charge in [-0.05, 0) is 36.3 Å². The number of ether oxygens (including phenoxy) is 2. The van der Waals surface area contributed by atoms with E-state index in [0.717, 1.165) is 0 Å². The van der Waals surface area contributed by atoms with Crippen molar-refractivity contribution < 1.29 is 28.2 Å². The predicted molar refractivity (Wildman–Crippen MR) is 112 cm³/mol. The molecule has 4 atom stereocenters. The van der Waals surface area contributed by atoms with Crippen molar-refractivity contribution in [3.63, 3.8) is 0 Å². The molecule has 0 aromatic rings. The summed E-state index contributed by atoms with van der Waals surface area (Å²) in [6.07, 6.45) is -3.08. The SMILES string of the molecule is CC(=O)O[C@@H]1[C@H](O[Si](C)(C)C(C)(C)C)[C@@H](CO[Si](C)(C)C(C)(C)C)O[C@H]1O. The molecule has 0 radical (unpaired) electrons. The topological polar surface area (TPSA) is 74.2 Å². The molecule has 0 unspecified atom stereocenters. The van der Waals surface area contributed by atoms with Crippen LogP contribution in [0.1, 0.15) is 48.5 Å². The number of esters is 1. The first-order valence-corrected chi connectivity index (χ1v) is 15.5. The van der Waals surface area contributed by atoms with Crippen molar-refractivity contribution in [2.75, 3.05) is 6.61 Å². The Morgan fingerprint density at radius 2 is 1.44 bits per heavy atom. The summed E-state index contributed by atoms with van der Waals surface area (Å²) in [5, 5.41) is 10.4. The molecule has 27 heavy (non-hydrogen) atoms. The van der Waals surface area contributed by atoms with E-state index in [0.29, 0.717) is 6.61 Å². The number of hydrogen-bond donors (Lipinski definition) is 1.